The van der Waals surface area contributed by atoms with E-state index in [0.717, 1.165) is 4.90 Å². The van der Waals surface area contributed by atoms with Crippen molar-refractivity contribution in [1.29, 1.82) is 0 Å². The zero-order valence-electron chi connectivity index (χ0n) is 14.0. The Morgan fingerprint density at radius 3 is 2.27 bits per heavy atom. The lowest BCUT2D eigenvalue weighted by molar-refractivity contribution is -0.130. The molecule has 1 saturated heterocycles. The van der Waals surface area contributed by atoms with E-state index in [1.807, 2.05) is 0 Å². The number of hydrogen-bond donors (Lipinski definition) is 1. The quantitative estimate of drug-likeness (QED) is 0.792. The summed E-state index contributed by atoms with van der Waals surface area (Å²) in [6.45, 7) is 1.37. The summed E-state index contributed by atoms with van der Waals surface area (Å²) in [6.07, 6.45) is 0. The van der Waals surface area contributed by atoms with Gasteiger partial charge in [-0.05, 0) is 36.8 Å². The molecule has 0 spiro atoms. The third kappa shape index (κ3) is 3.32. The van der Waals surface area contributed by atoms with E-state index < -0.39 is 27.3 Å². The highest BCUT2D eigenvalue weighted by molar-refractivity contribution is 7.91. The Morgan fingerprint density at radius 2 is 1.65 bits per heavy atom. The van der Waals surface area contributed by atoms with Crippen LogP contribution >= 0.6 is 11.6 Å². The Morgan fingerprint density at radius 1 is 1.04 bits per heavy atom. The number of carbonyl (C=O) groups excluding carboxylic acids is 2. The van der Waals surface area contributed by atoms with Gasteiger partial charge in [0.1, 0.15) is 5.54 Å². The molecular weight excluding hydrogens is 376 g/mol. The first-order valence-electron chi connectivity index (χ1n) is 7.92. The van der Waals surface area contributed by atoms with Gasteiger partial charge in [-0.2, -0.15) is 0 Å². The largest absolute Gasteiger partial charge is 0.325 e. The first-order valence-corrected chi connectivity index (χ1v) is 9.95. The van der Waals surface area contributed by atoms with Crippen molar-refractivity contribution >= 4 is 33.4 Å². The van der Waals surface area contributed by atoms with Crippen molar-refractivity contribution in [1.82, 2.24) is 10.2 Å². The average molecular weight is 393 g/mol. The van der Waals surface area contributed by atoms with E-state index in [9.17, 15) is 18.0 Å². The lowest BCUT2D eigenvalue weighted by atomic mass is 9.92. The summed E-state index contributed by atoms with van der Waals surface area (Å²) < 4.78 is 24.8. The summed E-state index contributed by atoms with van der Waals surface area (Å²) in [4.78, 5) is 26.2. The summed E-state index contributed by atoms with van der Waals surface area (Å²) in [5, 5.41) is 3.16. The topological polar surface area (TPSA) is 83.6 Å². The molecule has 1 atom stereocenters. The summed E-state index contributed by atoms with van der Waals surface area (Å²) in [6, 6.07) is 13.9. The molecule has 1 aliphatic heterocycles. The minimum absolute atomic E-state index is 0.160. The number of hydrogen-bond acceptors (Lipinski definition) is 4. The minimum Gasteiger partial charge on any atom is -0.319 e. The Bertz CT molecular complexity index is 945. The zero-order valence-corrected chi connectivity index (χ0v) is 15.5. The molecule has 26 heavy (non-hydrogen) atoms. The number of rotatable bonds is 5. The molecule has 2 aromatic rings. The van der Waals surface area contributed by atoms with Gasteiger partial charge in [-0.3, -0.25) is 9.69 Å². The molecule has 1 unspecified atom stereocenters. The molecule has 3 amide bonds. The van der Waals surface area contributed by atoms with Crippen molar-refractivity contribution in [2.45, 2.75) is 17.4 Å². The monoisotopic (exact) mass is 392 g/mol. The Labute approximate surface area is 156 Å². The SMILES string of the molecule is CC1(c2ccc(Cl)cc2)NC(=O)N(CCS(=O)(=O)c2ccccc2)C1=O. The molecule has 2 aromatic carbocycles. The molecule has 0 aromatic heterocycles. The first-order chi connectivity index (χ1) is 12.2. The first kappa shape index (κ1) is 18.4. The van der Waals surface area contributed by atoms with Gasteiger partial charge in [0.25, 0.3) is 5.91 Å². The fourth-order valence-electron chi connectivity index (χ4n) is 2.84. The molecule has 0 bridgehead atoms. The van der Waals surface area contributed by atoms with Crippen molar-refractivity contribution in [2.24, 2.45) is 0 Å². The summed E-state index contributed by atoms with van der Waals surface area (Å²) >= 11 is 5.87. The van der Waals surface area contributed by atoms with Gasteiger partial charge in [-0.25, -0.2) is 13.2 Å². The number of nitrogens with one attached hydrogen (secondary N) is 1. The van der Waals surface area contributed by atoms with E-state index in [1.165, 1.54) is 12.1 Å². The van der Waals surface area contributed by atoms with Crippen molar-refractivity contribution in [3.05, 3.63) is 65.2 Å². The van der Waals surface area contributed by atoms with Crippen molar-refractivity contribution < 1.29 is 18.0 Å². The van der Waals surface area contributed by atoms with Crippen molar-refractivity contribution in [3.63, 3.8) is 0 Å². The Kier molecular flexibility index (Phi) is 4.77. The number of imide groups is 1. The van der Waals surface area contributed by atoms with Gasteiger partial charge in [-0.15, -0.1) is 0 Å². The highest BCUT2D eigenvalue weighted by atomic mass is 35.5. The Balaban J connectivity index is 1.79. The zero-order chi connectivity index (χ0) is 18.9. The van der Waals surface area contributed by atoms with Crippen LogP contribution in [0.15, 0.2) is 59.5 Å². The number of sulfone groups is 1. The molecule has 0 aliphatic carbocycles. The molecule has 1 heterocycles. The second-order valence-corrected chi connectivity index (χ2v) is 8.70. The van der Waals surface area contributed by atoms with Crippen LogP contribution in [0.3, 0.4) is 0 Å². The van der Waals surface area contributed by atoms with E-state index in [2.05, 4.69) is 5.32 Å². The van der Waals surface area contributed by atoms with Crippen LogP contribution in [-0.4, -0.2) is 37.6 Å². The third-order valence-electron chi connectivity index (χ3n) is 4.38. The molecule has 136 valence electrons. The predicted octanol–water partition coefficient (Wildman–Crippen LogP) is 2.58. The van der Waals surface area contributed by atoms with Gasteiger partial charge in [0.05, 0.1) is 10.6 Å². The summed E-state index contributed by atoms with van der Waals surface area (Å²) in [5.41, 5.74) is -0.674. The highest BCUT2D eigenvalue weighted by Gasteiger charge is 2.49. The van der Waals surface area contributed by atoms with E-state index in [4.69, 9.17) is 11.6 Å². The van der Waals surface area contributed by atoms with Gasteiger partial charge in [0.2, 0.25) is 0 Å². The van der Waals surface area contributed by atoms with Crippen LogP contribution in [0.2, 0.25) is 5.02 Å². The molecule has 6 nitrogen and oxygen atoms in total. The number of amides is 3. The second-order valence-electron chi connectivity index (χ2n) is 6.15. The lowest BCUT2D eigenvalue weighted by Crippen LogP contribution is -2.41. The number of nitrogens with zero attached hydrogens (tertiary/aromatic N) is 1. The normalized spacial score (nSPS) is 20.3. The van der Waals surface area contributed by atoms with Crippen LogP contribution in [0, 0.1) is 0 Å². The molecule has 0 saturated carbocycles. The maximum atomic E-state index is 12.8. The third-order valence-corrected chi connectivity index (χ3v) is 6.34. The van der Waals surface area contributed by atoms with Crippen LogP contribution < -0.4 is 5.32 Å². The van der Waals surface area contributed by atoms with Gasteiger partial charge >= 0.3 is 6.03 Å². The van der Waals surface area contributed by atoms with E-state index >= 15 is 0 Å². The van der Waals surface area contributed by atoms with Gasteiger partial charge in [-0.1, -0.05) is 41.9 Å². The standard InChI is InChI=1S/C18H17ClN2O4S/c1-18(13-7-9-14(19)10-8-13)16(22)21(17(23)20-18)11-12-26(24,25)15-5-3-2-4-6-15/h2-10H,11-12H2,1H3,(H,20,23). The van der Waals surface area contributed by atoms with Crippen LogP contribution in [-0.2, 0) is 20.2 Å². The molecular formula is C18H17ClN2O4S. The van der Waals surface area contributed by atoms with E-state index in [0.29, 0.717) is 10.6 Å². The van der Waals surface area contributed by atoms with Crippen LogP contribution in [0.5, 0.6) is 0 Å². The highest BCUT2D eigenvalue weighted by Crippen LogP contribution is 2.29. The molecule has 1 aliphatic rings. The molecule has 8 heteroatoms. The molecule has 0 radical (unpaired) electrons. The fourth-order valence-corrected chi connectivity index (χ4v) is 4.19. The minimum atomic E-state index is -3.59. The number of benzene rings is 2. The smallest absolute Gasteiger partial charge is 0.319 e. The number of halogens is 1. The van der Waals surface area contributed by atoms with E-state index in [1.54, 1.807) is 49.4 Å². The van der Waals surface area contributed by atoms with E-state index in [-0.39, 0.29) is 17.2 Å². The molecule has 1 N–H and O–H groups in total. The maximum absolute atomic E-state index is 12.8. The van der Waals surface area contributed by atoms with Gasteiger partial charge in [0, 0.05) is 11.6 Å². The van der Waals surface area contributed by atoms with Gasteiger partial charge in [0.15, 0.2) is 9.84 Å². The average Bonchev–Trinajstić information content (AvgIpc) is 2.84. The Hall–Kier alpha value is -2.38. The number of carbonyl (C=O) groups is 2. The molecule has 1 fully saturated rings. The van der Waals surface area contributed by atoms with Crippen LogP contribution in [0.25, 0.3) is 0 Å². The van der Waals surface area contributed by atoms with Crippen molar-refractivity contribution in [2.75, 3.05) is 12.3 Å². The fraction of sp³-hybridized carbons (Fsp3) is 0.222. The summed E-state index contributed by atoms with van der Waals surface area (Å²) in [7, 11) is -3.59. The number of urea groups is 1. The summed E-state index contributed by atoms with van der Waals surface area (Å²) in [5.74, 6) is -0.833. The molecule has 3 rings (SSSR count). The second kappa shape index (κ2) is 6.74. The van der Waals surface area contributed by atoms with Gasteiger partial charge < -0.3 is 5.32 Å². The van der Waals surface area contributed by atoms with Crippen LogP contribution in [0.4, 0.5) is 4.79 Å². The van der Waals surface area contributed by atoms with Crippen molar-refractivity contribution in [3.8, 4) is 0 Å². The lowest BCUT2D eigenvalue weighted by Gasteiger charge is -2.22. The predicted molar refractivity (Wildman–Crippen MR) is 97.5 cm³/mol. The maximum Gasteiger partial charge on any atom is 0.325 e. The van der Waals surface area contributed by atoms with Crippen LogP contribution in [0.1, 0.15) is 12.5 Å².